The average molecular weight is 2020 g/mol. The molecule has 10 aromatic carbocycles. The van der Waals surface area contributed by atoms with Crippen molar-refractivity contribution in [1.82, 2.24) is 0 Å². The molecule has 0 bridgehead atoms. The van der Waals surface area contributed by atoms with E-state index in [1.807, 2.05) is 125 Å². The molecule has 0 atom stereocenters. The number of halogens is 12. The van der Waals surface area contributed by atoms with Crippen molar-refractivity contribution in [3.8, 4) is 51.7 Å². The summed E-state index contributed by atoms with van der Waals surface area (Å²) < 4.78 is 115. The first-order valence-electron chi connectivity index (χ1n) is 44.1. The van der Waals surface area contributed by atoms with Gasteiger partial charge in [-0.25, -0.2) is 22.0 Å². The topological polar surface area (TPSA) is 83.1 Å². The average Bonchev–Trinajstić information content (AvgIpc) is 0.812. The standard InChI is InChI=1S/C13H20O.C11H14BrFO.C11H14Cl2O.C11H14ClFO.C11H15ClO.C11H14F2O.C11H15FO.2C11H16O.C9H10Cl2.CH4/c1-8(2)13-10(4)9(3)7-12(14-6)11(13)5;3*1-6(2)9-10(12)7(3)5-8(14-4)11(9)13;1-7(2)9-5-8(3)6-10(13-4)11(9)12;1-6(2)9-10(12)7(3)5-8(14-4)11(9)13;1-7(2)9-5-8(3)6-10(13-4)11(9)12;2*1-8(2)10-5-9(3)6-11(7-10)12-4;1-6(2)9-7(10)4-3-5-8(9)11;/h7-8H,1-6H3;3*5-6H,1-4H3;5-7H,1-4H3;5-6H,1-4H3;5-7H,1-4H3;2*5-8H,1-4H3;3-6H,1-2H3;1H4. The lowest BCUT2D eigenvalue weighted by molar-refractivity contribution is 0.378. The second-order valence-corrected chi connectivity index (χ2v) is 38.4. The fourth-order valence-electron chi connectivity index (χ4n) is 14.0. The lowest BCUT2D eigenvalue weighted by atomic mass is 9.90. The lowest BCUT2D eigenvalue weighted by Crippen LogP contribution is -2.03. The summed E-state index contributed by atoms with van der Waals surface area (Å²) in [6.45, 7) is 62.9. The fourth-order valence-corrected chi connectivity index (χ4v) is 17.2. The molecule has 10 aromatic rings. The zero-order valence-electron chi connectivity index (χ0n) is 85.4. The molecule has 0 heterocycles. The largest absolute Gasteiger partial charge is 0.497 e. The molecule has 0 aromatic heterocycles. The number of methoxy groups -OCH3 is 9. The number of ether oxygens (including phenoxy) is 9. The van der Waals surface area contributed by atoms with E-state index in [-0.39, 0.29) is 65.6 Å². The van der Waals surface area contributed by atoms with E-state index in [4.69, 9.17) is 112 Å². The van der Waals surface area contributed by atoms with Gasteiger partial charge in [0.2, 0.25) is 0 Å². The highest BCUT2D eigenvalue weighted by atomic mass is 79.9. The third-order valence-corrected chi connectivity index (χ3v) is 24.8. The Bertz CT molecular complexity index is 4730. The summed E-state index contributed by atoms with van der Waals surface area (Å²) in [7, 11) is 14.2. The molecular formula is C111H152BrCl6F5O9. The Kier molecular flexibility index (Phi) is 56.5. The van der Waals surface area contributed by atoms with Gasteiger partial charge in [-0.2, -0.15) is 0 Å². The van der Waals surface area contributed by atoms with E-state index in [0.29, 0.717) is 79.5 Å². The van der Waals surface area contributed by atoms with Crippen LogP contribution in [0.25, 0.3) is 0 Å². The zero-order valence-corrected chi connectivity index (χ0v) is 91.5. The highest BCUT2D eigenvalue weighted by Gasteiger charge is 2.24. The maximum atomic E-state index is 13.8. The van der Waals surface area contributed by atoms with Gasteiger partial charge in [-0.1, -0.05) is 262 Å². The molecular weight excluding hydrogens is 1860 g/mol. The van der Waals surface area contributed by atoms with E-state index in [1.165, 1.54) is 84.6 Å². The van der Waals surface area contributed by atoms with E-state index >= 15 is 0 Å². The Morgan fingerprint density at radius 1 is 0.242 bits per heavy atom. The fraction of sp³-hybridized carbons (Fsp3) is 0.459. The van der Waals surface area contributed by atoms with Gasteiger partial charge in [-0.3, -0.25) is 0 Å². The van der Waals surface area contributed by atoms with Crippen LogP contribution >= 0.6 is 85.5 Å². The Balaban J connectivity index is 0.00000144. The van der Waals surface area contributed by atoms with Crippen molar-refractivity contribution >= 4 is 85.5 Å². The first-order chi connectivity index (χ1) is 60.9. The maximum absolute atomic E-state index is 13.8. The van der Waals surface area contributed by atoms with E-state index in [2.05, 4.69) is 170 Å². The van der Waals surface area contributed by atoms with Crippen LogP contribution in [0.5, 0.6) is 51.7 Å². The minimum atomic E-state index is -0.592. The molecule has 21 heteroatoms. The Labute approximate surface area is 830 Å². The van der Waals surface area contributed by atoms with Crippen LogP contribution in [0.3, 0.4) is 0 Å². The van der Waals surface area contributed by atoms with Crippen LogP contribution in [-0.2, 0) is 0 Å². The zero-order chi connectivity index (χ0) is 101. The van der Waals surface area contributed by atoms with Crippen molar-refractivity contribution < 1.29 is 64.6 Å². The Hall–Kier alpha value is -7.73. The third kappa shape index (κ3) is 37.1. The monoisotopic (exact) mass is 2010 g/mol. The SMILES string of the molecule is C.CC(C)c1c(Cl)cccc1Cl.COc1cc(C)c(Br)c(C(C)C)c1F.COc1cc(C)c(C)c(C(C)C)c1C.COc1cc(C)c(Cl)c(C(C)C)c1Cl.COc1cc(C)c(Cl)c(C(C)C)c1F.COc1cc(C)c(F)c(C(C)C)c1F.COc1cc(C)cc(C(C)C)c1.COc1cc(C)cc(C(C)C)c1.COc1cc(C)cc(C(C)C)c1Cl.COc1cc(C)cc(C(C)C)c1F. The highest BCUT2D eigenvalue weighted by molar-refractivity contribution is 9.10. The van der Waals surface area contributed by atoms with Crippen LogP contribution in [0, 0.1) is 105 Å². The van der Waals surface area contributed by atoms with Crippen LogP contribution < -0.4 is 42.6 Å². The highest BCUT2D eigenvalue weighted by Crippen LogP contribution is 2.43. The van der Waals surface area contributed by atoms with Gasteiger partial charge >= 0.3 is 0 Å². The van der Waals surface area contributed by atoms with E-state index < -0.39 is 11.6 Å². The molecule has 0 saturated heterocycles. The predicted octanol–water partition coefficient (Wildman–Crippen LogP) is 37.6. The minimum Gasteiger partial charge on any atom is -0.497 e. The minimum absolute atomic E-state index is 0. The molecule has 9 nitrogen and oxygen atoms in total. The number of aryl methyl sites for hydroxylation is 9. The van der Waals surface area contributed by atoms with Crippen molar-refractivity contribution in [1.29, 1.82) is 0 Å². The normalized spacial score (nSPS) is 10.6. The van der Waals surface area contributed by atoms with Gasteiger partial charge in [0.25, 0.3) is 0 Å². The van der Waals surface area contributed by atoms with E-state index in [1.54, 1.807) is 74.5 Å². The molecule has 0 amide bonds. The molecule has 0 saturated carbocycles. The van der Waals surface area contributed by atoms with Crippen LogP contribution in [0.15, 0.2) is 114 Å². The van der Waals surface area contributed by atoms with Gasteiger partial charge in [0, 0.05) is 36.2 Å². The molecule has 0 spiro atoms. The van der Waals surface area contributed by atoms with Crippen molar-refractivity contribution in [3.63, 3.8) is 0 Å². The van der Waals surface area contributed by atoms with Crippen molar-refractivity contribution in [2.45, 2.75) is 281 Å². The van der Waals surface area contributed by atoms with Gasteiger partial charge in [0.1, 0.15) is 34.6 Å². The Morgan fingerprint density at radius 2 is 0.553 bits per heavy atom. The third-order valence-electron chi connectivity index (χ3n) is 21.3. The van der Waals surface area contributed by atoms with E-state index in [9.17, 15) is 22.0 Å². The molecule has 10 rings (SSSR count). The van der Waals surface area contributed by atoms with Crippen LogP contribution in [0.4, 0.5) is 22.0 Å². The molecule has 0 radical (unpaired) electrons. The number of hydrogen-bond acceptors (Lipinski definition) is 9. The second kappa shape index (κ2) is 60.0. The predicted molar refractivity (Wildman–Crippen MR) is 561 cm³/mol. The molecule has 0 aliphatic rings. The molecule has 0 fully saturated rings. The number of benzene rings is 10. The van der Waals surface area contributed by atoms with Crippen LogP contribution in [0.1, 0.15) is 322 Å². The summed E-state index contributed by atoms with van der Waals surface area (Å²) in [6, 6.07) is 34.6. The van der Waals surface area contributed by atoms with Crippen molar-refractivity contribution in [3.05, 3.63) is 290 Å². The smallest absolute Gasteiger partial charge is 0.171 e. The van der Waals surface area contributed by atoms with Gasteiger partial charge in [0.15, 0.2) is 46.3 Å². The quantitative estimate of drug-likeness (QED) is 0.0735. The van der Waals surface area contributed by atoms with E-state index in [0.717, 1.165) is 92.1 Å². The van der Waals surface area contributed by atoms with Gasteiger partial charge in [-0.05, 0) is 314 Å². The van der Waals surface area contributed by atoms with Crippen molar-refractivity contribution in [2.75, 3.05) is 64.0 Å². The Morgan fingerprint density at radius 3 is 0.909 bits per heavy atom. The van der Waals surface area contributed by atoms with Crippen molar-refractivity contribution in [2.24, 2.45) is 0 Å². The summed E-state index contributed by atoms with van der Waals surface area (Å²) in [5.74, 6) is 6.48. The molecule has 132 heavy (non-hydrogen) atoms. The number of hydrogen-bond donors (Lipinski definition) is 0. The summed E-state index contributed by atoms with van der Waals surface area (Å²) in [4.78, 5) is 0. The maximum Gasteiger partial charge on any atom is 0.171 e. The molecule has 0 aliphatic heterocycles. The van der Waals surface area contributed by atoms with Gasteiger partial charge in [-0.15, -0.1) is 0 Å². The second-order valence-electron chi connectivity index (χ2n) is 35.3. The molecule has 0 unspecified atom stereocenters. The number of rotatable bonds is 19. The molecule has 734 valence electrons. The summed E-state index contributed by atoms with van der Waals surface area (Å²) in [5.41, 5.74) is 21.3. The van der Waals surface area contributed by atoms with Gasteiger partial charge in [0.05, 0.1) is 79.1 Å². The lowest BCUT2D eigenvalue weighted by Gasteiger charge is -2.18. The van der Waals surface area contributed by atoms with Crippen LogP contribution in [-0.4, -0.2) is 64.0 Å². The van der Waals surface area contributed by atoms with Crippen LogP contribution in [0.2, 0.25) is 30.1 Å². The summed E-state index contributed by atoms with van der Waals surface area (Å²) in [5, 5.41) is 4.12. The van der Waals surface area contributed by atoms with Gasteiger partial charge < -0.3 is 42.6 Å². The molecule has 0 aliphatic carbocycles. The first kappa shape index (κ1) is 124. The summed E-state index contributed by atoms with van der Waals surface area (Å²) >= 11 is 39.8. The molecule has 0 N–H and O–H groups in total. The first-order valence-corrected chi connectivity index (χ1v) is 47.2. The summed E-state index contributed by atoms with van der Waals surface area (Å²) in [6.07, 6.45) is 0.